The Hall–Kier alpha value is -0.910. The van der Waals surface area contributed by atoms with Crippen LogP contribution in [0, 0.1) is 0 Å². The molecule has 0 aliphatic carbocycles. The number of nitrogens with one attached hydrogen (secondary N) is 1. The van der Waals surface area contributed by atoms with E-state index in [2.05, 4.69) is 38.5 Å². The van der Waals surface area contributed by atoms with Crippen LogP contribution in [0.25, 0.3) is 0 Å². The van der Waals surface area contributed by atoms with E-state index >= 15 is 0 Å². The fourth-order valence-electron chi connectivity index (χ4n) is 1.58. The van der Waals surface area contributed by atoms with Crippen LogP contribution in [0.1, 0.15) is 24.0 Å². The van der Waals surface area contributed by atoms with Crippen molar-refractivity contribution in [3.05, 3.63) is 44.8 Å². The zero-order valence-corrected chi connectivity index (χ0v) is 13.3. The van der Waals surface area contributed by atoms with Crippen LogP contribution in [0.4, 0.5) is 0 Å². The number of hydrogen-bond donors (Lipinski definition) is 1. The largest absolute Gasteiger partial charge is 0.487 e. The van der Waals surface area contributed by atoms with Gasteiger partial charge in [-0.3, -0.25) is 0 Å². The highest BCUT2D eigenvalue weighted by molar-refractivity contribution is 9.10. The summed E-state index contributed by atoms with van der Waals surface area (Å²) >= 11 is 5.10. The molecular weight excluding hydrogens is 324 g/mol. The molecule has 0 unspecified atom stereocenters. The van der Waals surface area contributed by atoms with Gasteiger partial charge in [-0.2, -0.15) is 0 Å². The van der Waals surface area contributed by atoms with E-state index in [9.17, 15) is 0 Å². The molecule has 0 bridgehead atoms. The molecule has 1 N–H and O–H groups in total. The van der Waals surface area contributed by atoms with Crippen LogP contribution >= 0.6 is 27.3 Å². The molecule has 1 aromatic heterocycles. The number of aromatic nitrogens is 1. The van der Waals surface area contributed by atoms with Crippen molar-refractivity contribution in [3.63, 3.8) is 0 Å². The van der Waals surface area contributed by atoms with Gasteiger partial charge in [0.1, 0.15) is 17.4 Å². The summed E-state index contributed by atoms with van der Waals surface area (Å²) < 4.78 is 6.73. The van der Waals surface area contributed by atoms with Crippen LogP contribution in [0.5, 0.6) is 5.75 Å². The van der Waals surface area contributed by atoms with Crippen LogP contribution in [0.3, 0.4) is 0 Å². The second-order valence-electron chi connectivity index (χ2n) is 4.16. The van der Waals surface area contributed by atoms with E-state index < -0.39 is 0 Å². The molecule has 1 aromatic carbocycles. The lowest BCUT2D eigenvalue weighted by molar-refractivity contribution is 0.301. The number of hydrogen-bond acceptors (Lipinski definition) is 4. The maximum atomic E-state index is 5.71. The van der Waals surface area contributed by atoms with Crippen LogP contribution in [0.2, 0.25) is 0 Å². The average molecular weight is 341 g/mol. The van der Waals surface area contributed by atoms with Crippen molar-refractivity contribution < 1.29 is 4.74 Å². The van der Waals surface area contributed by atoms with Crippen LogP contribution in [-0.2, 0) is 13.2 Å². The molecule has 0 saturated carbocycles. The number of ether oxygens (including phenoxy) is 1. The summed E-state index contributed by atoms with van der Waals surface area (Å²) in [5.41, 5.74) is 0.985. The molecule has 5 heteroatoms. The first-order valence-corrected chi connectivity index (χ1v) is 7.97. The van der Waals surface area contributed by atoms with E-state index in [1.165, 1.54) is 0 Å². The highest BCUT2D eigenvalue weighted by Gasteiger charge is 2.03. The van der Waals surface area contributed by atoms with Gasteiger partial charge in [-0.05, 0) is 31.2 Å². The van der Waals surface area contributed by atoms with E-state index in [-0.39, 0.29) is 0 Å². The third kappa shape index (κ3) is 4.93. The summed E-state index contributed by atoms with van der Waals surface area (Å²) in [7, 11) is 0. The first-order valence-electron chi connectivity index (χ1n) is 6.30. The van der Waals surface area contributed by atoms with Gasteiger partial charge in [0.2, 0.25) is 0 Å². The molecule has 2 aromatic rings. The van der Waals surface area contributed by atoms with Crippen molar-refractivity contribution in [2.75, 3.05) is 6.54 Å². The Morgan fingerprint density at radius 1 is 1.42 bits per heavy atom. The number of rotatable bonds is 7. The Bertz CT molecular complexity index is 516. The second-order valence-corrected chi connectivity index (χ2v) is 6.01. The molecular formula is C14H17BrN2OS. The molecule has 0 fully saturated rings. The van der Waals surface area contributed by atoms with Gasteiger partial charge in [0.05, 0.1) is 5.69 Å². The fourth-order valence-corrected chi connectivity index (χ4v) is 2.71. The van der Waals surface area contributed by atoms with Crippen LogP contribution in [-0.4, -0.2) is 11.5 Å². The van der Waals surface area contributed by atoms with Gasteiger partial charge in [0, 0.05) is 16.4 Å². The van der Waals surface area contributed by atoms with Crippen molar-refractivity contribution in [3.8, 4) is 5.75 Å². The summed E-state index contributed by atoms with van der Waals surface area (Å²) in [6.45, 7) is 4.55. The molecule has 0 atom stereocenters. The first kappa shape index (κ1) is 14.5. The van der Waals surface area contributed by atoms with Gasteiger partial charge >= 0.3 is 0 Å². The molecule has 0 aliphatic heterocycles. The lowest BCUT2D eigenvalue weighted by atomic mass is 10.3. The van der Waals surface area contributed by atoms with Crippen LogP contribution < -0.4 is 10.1 Å². The predicted molar refractivity (Wildman–Crippen MR) is 82.6 cm³/mol. The standard InChI is InChI=1S/C14H17BrN2OS/c1-2-6-16-8-14-17-12(10-19-14)9-18-13-5-3-4-11(15)7-13/h3-5,7,10,16H,2,6,8-9H2,1H3. The smallest absolute Gasteiger partial charge is 0.131 e. The van der Waals surface area contributed by atoms with Crippen molar-refractivity contribution >= 4 is 27.3 Å². The molecule has 1 heterocycles. The highest BCUT2D eigenvalue weighted by Crippen LogP contribution is 2.19. The quantitative estimate of drug-likeness (QED) is 0.774. The van der Waals surface area contributed by atoms with E-state index in [1.807, 2.05) is 24.3 Å². The maximum absolute atomic E-state index is 5.71. The second kappa shape index (κ2) is 7.62. The number of thiazole rings is 1. The Labute approximate surface area is 126 Å². The fraction of sp³-hybridized carbons (Fsp3) is 0.357. The van der Waals surface area contributed by atoms with E-state index in [4.69, 9.17) is 4.74 Å². The number of benzene rings is 1. The maximum Gasteiger partial charge on any atom is 0.131 e. The van der Waals surface area contributed by atoms with Crippen molar-refractivity contribution in [2.45, 2.75) is 26.5 Å². The zero-order valence-electron chi connectivity index (χ0n) is 10.9. The predicted octanol–water partition coefficient (Wildman–Crippen LogP) is 3.98. The van der Waals surface area contributed by atoms with Gasteiger partial charge < -0.3 is 10.1 Å². The summed E-state index contributed by atoms with van der Waals surface area (Å²) in [6.07, 6.45) is 1.14. The molecule has 102 valence electrons. The number of nitrogens with zero attached hydrogens (tertiary/aromatic N) is 1. The third-order valence-electron chi connectivity index (χ3n) is 2.49. The summed E-state index contributed by atoms with van der Waals surface area (Å²) in [5.74, 6) is 0.855. The lowest BCUT2D eigenvalue weighted by Gasteiger charge is -2.04. The summed E-state index contributed by atoms with van der Waals surface area (Å²) in [5, 5.41) is 6.52. The number of halogens is 1. The Kier molecular flexibility index (Phi) is 5.82. The van der Waals surface area contributed by atoms with Gasteiger partial charge in [0.15, 0.2) is 0 Å². The van der Waals surface area contributed by atoms with Gasteiger partial charge in [-0.15, -0.1) is 11.3 Å². The Morgan fingerprint density at radius 2 is 2.32 bits per heavy atom. The first-order chi connectivity index (χ1) is 9.28. The molecule has 0 spiro atoms. The topological polar surface area (TPSA) is 34.2 Å². The van der Waals surface area contributed by atoms with Gasteiger partial charge in [-0.25, -0.2) is 4.98 Å². The minimum Gasteiger partial charge on any atom is -0.487 e. The lowest BCUT2D eigenvalue weighted by Crippen LogP contribution is -2.13. The average Bonchev–Trinajstić information content (AvgIpc) is 2.85. The summed E-state index contributed by atoms with van der Waals surface area (Å²) in [6, 6.07) is 7.84. The van der Waals surface area contributed by atoms with Crippen molar-refractivity contribution in [1.29, 1.82) is 0 Å². The molecule has 0 saturated heterocycles. The van der Waals surface area contributed by atoms with Gasteiger partial charge in [0.25, 0.3) is 0 Å². The Balaban J connectivity index is 1.83. The molecule has 2 rings (SSSR count). The van der Waals surface area contributed by atoms with Crippen LogP contribution in [0.15, 0.2) is 34.1 Å². The third-order valence-corrected chi connectivity index (χ3v) is 3.88. The highest BCUT2D eigenvalue weighted by atomic mass is 79.9. The molecule has 0 amide bonds. The van der Waals surface area contributed by atoms with Crippen molar-refractivity contribution in [2.24, 2.45) is 0 Å². The Morgan fingerprint density at radius 3 is 3.11 bits per heavy atom. The molecule has 0 radical (unpaired) electrons. The molecule has 3 nitrogen and oxygen atoms in total. The molecule has 0 aliphatic rings. The minimum atomic E-state index is 0.515. The van der Waals surface area contributed by atoms with E-state index in [1.54, 1.807) is 11.3 Å². The van der Waals surface area contributed by atoms with Gasteiger partial charge in [-0.1, -0.05) is 28.9 Å². The zero-order chi connectivity index (χ0) is 13.5. The SMILES string of the molecule is CCCNCc1nc(COc2cccc(Br)c2)cs1. The van der Waals surface area contributed by atoms with E-state index in [0.29, 0.717) is 6.61 Å². The minimum absolute atomic E-state index is 0.515. The normalized spacial score (nSPS) is 10.6. The monoisotopic (exact) mass is 340 g/mol. The molecule has 19 heavy (non-hydrogen) atoms. The summed E-state index contributed by atoms with van der Waals surface area (Å²) in [4.78, 5) is 4.54. The van der Waals surface area contributed by atoms with Crippen molar-refractivity contribution in [1.82, 2.24) is 10.3 Å². The van der Waals surface area contributed by atoms with E-state index in [0.717, 1.165) is 40.4 Å².